The Morgan fingerprint density at radius 2 is 2.12 bits per heavy atom. The molecule has 1 aromatic heterocycles. The topological polar surface area (TPSA) is 105 Å². The Morgan fingerprint density at radius 3 is 2.80 bits per heavy atom. The first-order chi connectivity index (χ1) is 12.0. The fourth-order valence-corrected chi connectivity index (χ4v) is 3.55. The molecule has 1 aromatic carbocycles. The third-order valence-corrected chi connectivity index (χ3v) is 4.86. The molecular weight excluding hydrogens is 344 g/mol. The predicted octanol–water partition coefficient (Wildman–Crippen LogP) is 2.22. The molecule has 25 heavy (non-hydrogen) atoms. The van der Waals surface area contributed by atoms with Gasteiger partial charge in [-0.3, -0.25) is 30.1 Å². The number of hydrazine groups is 1. The van der Waals surface area contributed by atoms with Gasteiger partial charge in [-0.15, -0.1) is 11.8 Å². The minimum absolute atomic E-state index is 0.0917. The lowest BCUT2D eigenvalue weighted by Gasteiger charge is -2.24. The highest BCUT2D eigenvalue weighted by atomic mass is 32.2. The fraction of sp³-hybridized carbons (Fsp3) is 0.188. The Morgan fingerprint density at radius 1 is 1.36 bits per heavy atom. The summed E-state index contributed by atoms with van der Waals surface area (Å²) in [4.78, 5) is 39.3. The second-order valence-corrected chi connectivity index (χ2v) is 6.44. The van der Waals surface area contributed by atoms with Crippen LogP contribution in [0.3, 0.4) is 0 Å². The van der Waals surface area contributed by atoms with E-state index in [9.17, 15) is 19.7 Å². The second-order valence-electron chi connectivity index (χ2n) is 5.37. The van der Waals surface area contributed by atoms with E-state index in [2.05, 4.69) is 10.4 Å². The number of hydrogen-bond acceptors (Lipinski definition) is 6. The van der Waals surface area contributed by atoms with E-state index in [4.69, 9.17) is 0 Å². The van der Waals surface area contributed by atoms with Gasteiger partial charge in [0.1, 0.15) is 5.37 Å². The van der Waals surface area contributed by atoms with Crippen LogP contribution in [-0.2, 0) is 4.79 Å². The Bertz CT molecular complexity index is 840. The highest BCUT2D eigenvalue weighted by Crippen LogP contribution is 2.41. The molecular formula is C16H14N4O4S. The van der Waals surface area contributed by atoms with Gasteiger partial charge in [-0.2, -0.15) is 0 Å². The molecule has 1 N–H and O–H groups in total. The third kappa shape index (κ3) is 3.45. The molecule has 2 aromatic rings. The van der Waals surface area contributed by atoms with E-state index >= 15 is 0 Å². The second kappa shape index (κ2) is 6.89. The van der Waals surface area contributed by atoms with Crippen molar-refractivity contribution in [2.45, 2.75) is 12.3 Å². The fourth-order valence-electron chi connectivity index (χ4n) is 2.41. The van der Waals surface area contributed by atoms with E-state index in [1.165, 1.54) is 24.0 Å². The normalized spacial score (nSPS) is 16.8. The number of thioether (sulfide) groups is 1. The van der Waals surface area contributed by atoms with Crippen LogP contribution >= 0.6 is 11.8 Å². The summed E-state index contributed by atoms with van der Waals surface area (Å²) in [6.45, 7) is 1.80. The van der Waals surface area contributed by atoms with E-state index < -0.39 is 16.2 Å². The number of amides is 2. The maximum absolute atomic E-state index is 12.4. The standard InChI is InChI=1S/C16H14N4O4S/c1-10-6-7-11(8-17-10)15(22)18-19-14(21)9-25-16(19)12-4-2-3-5-13(12)20(23)24/h2-8,16H,9H2,1H3,(H,18,22). The Labute approximate surface area is 147 Å². The number of para-hydroxylation sites is 1. The van der Waals surface area contributed by atoms with E-state index in [-0.39, 0.29) is 17.3 Å². The van der Waals surface area contributed by atoms with Crippen LogP contribution < -0.4 is 5.43 Å². The SMILES string of the molecule is Cc1ccc(C(=O)NN2C(=O)CSC2c2ccccc2[N+](=O)[O-])cn1. The molecule has 1 fully saturated rings. The average Bonchev–Trinajstić information content (AvgIpc) is 2.96. The minimum Gasteiger partial charge on any atom is -0.272 e. The molecule has 8 nitrogen and oxygen atoms in total. The predicted molar refractivity (Wildman–Crippen MR) is 91.6 cm³/mol. The van der Waals surface area contributed by atoms with Gasteiger partial charge in [0.05, 0.1) is 21.8 Å². The number of benzene rings is 1. The first kappa shape index (κ1) is 16.9. The van der Waals surface area contributed by atoms with E-state index in [0.717, 1.165) is 10.7 Å². The summed E-state index contributed by atoms with van der Waals surface area (Å²) in [5.74, 6) is -0.683. The van der Waals surface area contributed by atoms with Crippen LogP contribution in [0, 0.1) is 17.0 Å². The molecule has 0 spiro atoms. The summed E-state index contributed by atoms with van der Waals surface area (Å²) >= 11 is 1.22. The lowest BCUT2D eigenvalue weighted by molar-refractivity contribution is -0.385. The van der Waals surface area contributed by atoms with Crippen LogP contribution in [0.25, 0.3) is 0 Å². The van der Waals surface area contributed by atoms with Gasteiger partial charge in [-0.05, 0) is 25.1 Å². The smallest absolute Gasteiger partial charge is 0.272 e. The summed E-state index contributed by atoms with van der Waals surface area (Å²) in [7, 11) is 0. The number of rotatable bonds is 4. The summed E-state index contributed by atoms with van der Waals surface area (Å²) < 4.78 is 0. The largest absolute Gasteiger partial charge is 0.275 e. The number of aromatic nitrogens is 1. The van der Waals surface area contributed by atoms with Crippen LogP contribution in [-0.4, -0.2) is 32.5 Å². The van der Waals surface area contributed by atoms with Crippen molar-refractivity contribution in [1.29, 1.82) is 0 Å². The van der Waals surface area contributed by atoms with Gasteiger partial charge in [0.25, 0.3) is 17.5 Å². The van der Waals surface area contributed by atoms with Crippen LogP contribution in [0.1, 0.15) is 27.0 Å². The molecule has 9 heteroatoms. The van der Waals surface area contributed by atoms with Gasteiger partial charge < -0.3 is 0 Å². The molecule has 0 saturated carbocycles. The van der Waals surface area contributed by atoms with Crippen molar-refractivity contribution >= 4 is 29.3 Å². The number of nitrogens with zero attached hydrogens (tertiary/aromatic N) is 3. The molecule has 1 aliphatic rings. The zero-order valence-electron chi connectivity index (χ0n) is 13.2. The number of hydrogen-bond donors (Lipinski definition) is 1. The lowest BCUT2D eigenvalue weighted by Crippen LogP contribution is -2.44. The number of nitro groups is 1. The summed E-state index contributed by atoms with van der Waals surface area (Å²) in [5.41, 5.74) is 3.88. The first-order valence-corrected chi connectivity index (χ1v) is 8.43. The van der Waals surface area contributed by atoms with Crippen molar-refractivity contribution in [3.05, 3.63) is 69.5 Å². The minimum atomic E-state index is -0.656. The summed E-state index contributed by atoms with van der Waals surface area (Å²) in [6, 6.07) is 9.48. The maximum atomic E-state index is 12.4. The summed E-state index contributed by atoms with van der Waals surface area (Å²) in [5, 5.41) is 11.7. The summed E-state index contributed by atoms with van der Waals surface area (Å²) in [6.07, 6.45) is 1.42. The Kier molecular flexibility index (Phi) is 4.66. The molecule has 1 unspecified atom stereocenters. The van der Waals surface area contributed by atoms with Crippen LogP contribution in [0.5, 0.6) is 0 Å². The highest BCUT2D eigenvalue weighted by Gasteiger charge is 2.37. The maximum Gasteiger partial charge on any atom is 0.275 e. The number of carbonyl (C=O) groups is 2. The lowest BCUT2D eigenvalue weighted by atomic mass is 10.1. The average molecular weight is 358 g/mol. The molecule has 2 heterocycles. The van der Waals surface area contributed by atoms with Crippen molar-refractivity contribution in [1.82, 2.24) is 15.4 Å². The van der Waals surface area contributed by atoms with E-state index in [1.807, 2.05) is 0 Å². The van der Waals surface area contributed by atoms with Crippen LogP contribution in [0.4, 0.5) is 5.69 Å². The highest BCUT2D eigenvalue weighted by molar-refractivity contribution is 8.00. The van der Waals surface area contributed by atoms with Crippen molar-refractivity contribution in [2.24, 2.45) is 0 Å². The zero-order chi connectivity index (χ0) is 18.0. The number of pyridine rings is 1. The van der Waals surface area contributed by atoms with E-state index in [1.54, 1.807) is 37.3 Å². The van der Waals surface area contributed by atoms with Gasteiger partial charge in [-0.1, -0.05) is 12.1 Å². The van der Waals surface area contributed by atoms with Gasteiger partial charge >= 0.3 is 0 Å². The Balaban J connectivity index is 1.87. The zero-order valence-corrected chi connectivity index (χ0v) is 14.0. The number of carbonyl (C=O) groups excluding carboxylic acids is 2. The van der Waals surface area contributed by atoms with Gasteiger partial charge in [0.15, 0.2) is 0 Å². The number of nitro benzene ring substituents is 1. The van der Waals surface area contributed by atoms with Crippen molar-refractivity contribution in [3.8, 4) is 0 Å². The van der Waals surface area contributed by atoms with E-state index in [0.29, 0.717) is 11.1 Å². The first-order valence-electron chi connectivity index (χ1n) is 7.38. The van der Waals surface area contributed by atoms with Gasteiger partial charge in [-0.25, -0.2) is 5.01 Å². The molecule has 1 aliphatic heterocycles. The molecule has 128 valence electrons. The van der Waals surface area contributed by atoms with Crippen molar-refractivity contribution < 1.29 is 14.5 Å². The quantitative estimate of drug-likeness (QED) is 0.663. The van der Waals surface area contributed by atoms with Crippen LogP contribution in [0.2, 0.25) is 0 Å². The molecule has 0 bridgehead atoms. The van der Waals surface area contributed by atoms with Crippen LogP contribution in [0.15, 0.2) is 42.6 Å². The number of nitrogens with one attached hydrogen (secondary N) is 1. The number of aryl methyl sites for hydroxylation is 1. The molecule has 3 rings (SSSR count). The van der Waals surface area contributed by atoms with Gasteiger partial charge in [0.2, 0.25) is 0 Å². The molecule has 1 saturated heterocycles. The molecule has 0 aliphatic carbocycles. The molecule has 1 atom stereocenters. The molecule has 2 amide bonds. The third-order valence-electron chi connectivity index (χ3n) is 3.66. The molecule has 0 radical (unpaired) electrons. The monoisotopic (exact) mass is 358 g/mol. The van der Waals surface area contributed by atoms with Crippen molar-refractivity contribution in [3.63, 3.8) is 0 Å². The van der Waals surface area contributed by atoms with Gasteiger partial charge in [0, 0.05) is 18.0 Å². The van der Waals surface area contributed by atoms with Crippen molar-refractivity contribution in [2.75, 3.05) is 5.75 Å². The Hall–Kier alpha value is -2.94.